The summed E-state index contributed by atoms with van der Waals surface area (Å²) in [6, 6.07) is 7.09. The minimum absolute atomic E-state index is 0.00561. The zero-order chi connectivity index (χ0) is 18.9. The van der Waals surface area contributed by atoms with Crippen LogP contribution < -0.4 is 4.74 Å². The van der Waals surface area contributed by atoms with E-state index in [0.29, 0.717) is 30.3 Å². The van der Waals surface area contributed by atoms with Gasteiger partial charge in [0, 0.05) is 44.5 Å². The number of rotatable bonds is 4. The van der Waals surface area contributed by atoms with E-state index in [1.807, 2.05) is 24.8 Å². The topological polar surface area (TPSA) is 55.6 Å². The molecule has 1 saturated heterocycles. The first-order valence-corrected chi connectivity index (χ1v) is 8.94. The number of hydrogen-bond acceptors (Lipinski definition) is 4. The van der Waals surface area contributed by atoms with Crippen LogP contribution in [-0.4, -0.2) is 34.9 Å². The first-order chi connectivity index (χ1) is 12.2. The predicted molar refractivity (Wildman–Crippen MR) is 96.1 cm³/mol. The van der Waals surface area contributed by atoms with Crippen molar-refractivity contribution in [2.24, 2.45) is 0 Å². The number of hydrogen-bond donors (Lipinski definition) is 0. The normalized spacial score (nSPS) is 16.0. The van der Waals surface area contributed by atoms with E-state index in [-0.39, 0.29) is 5.91 Å². The summed E-state index contributed by atoms with van der Waals surface area (Å²) in [5, 5.41) is 4.09. The number of aromatic nitrogens is 1. The maximum atomic E-state index is 13.7. The summed E-state index contributed by atoms with van der Waals surface area (Å²) in [5.41, 5.74) is 2.32. The van der Waals surface area contributed by atoms with Crippen LogP contribution in [0.5, 0.6) is 5.75 Å². The molecule has 3 rings (SSSR count). The van der Waals surface area contributed by atoms with Gasteiger partial charge >= 0.3 is 0 Å². The van der Waals surface area contributed by atoms with E-state index in [1.54, 1.807) is 18.2 Å². The number of amides is 1. The van der Waals surface area contributed by atoms with Crippen molar-refractivity contribution in [2.75, 3.05) is 13.1 Å². The zero-order valence-electron chi connectivity index (χ0n) is 15.7. The monoisotopic (exact) mass is 360 g/mol. The largest absolute Gasteiger partial charge is 0.458 e. The number of halogens is 1. The van der Waals surface area contributed by atoms with Crippen LogP contribution in [0.3, 0.4) is 0 Å². The van der Waals surface area contributed by atoms with Gasteiger partial charge in [-0.25, -0.2) is 0 Å². The minimum atomic E-state index is -1.75. The van der Waals surface area contributed by atoms with Crippen LogP contribution >= 0.6 is 0 Å². The molecule has 1 amide bonds. The average Bonchev–Trinajstić information content (AvgIpc) is 3.01. The standard InChI is InChI=1S/C20H25FN2O3/c1-13-11-16(5-6-18(13)25-20(3,4)21)19(24)23-9-7-15(8-10-23)17-12-14(2)26-22-17/h5-6,11-12,15H,7-10H2,1-4H3. The third-order valence-corrected chi connectivity index (χ3v) is 4.62. The van der Waals surface area contributed by atoms with Crippen LogP contribution in [0.15, 0.2) is 28.8 Å². The van der Waals surface area contributed by atoms with Gasteiger partial charge in [0.25, 0.3) is 5.91 Å². The average molecular weight is 360 g/mol. The molecule has 0 N–H and O–H groups in total. The maximum Gasteiger partial charge on any atom is 0.253 e. The molecular weight excluding hydrogens is 335 g/mol. The molecule has 0 unspecified atom stereocenters. The maximum absolute atomic E-state index is 13.7. The summed E-state index contributed by atoms with van der Waals surface area (Å²) in [5.74, 6) is -0.158. The molecule has 0 radical (unpaired) electrons. The van der Waals surface area contributed by atoms with E-state index >= 15 is 0 Å². The fourth-order valence-corrected chi connectivity index (χ4v) is 3.30. The lowest BCUT2D eigenvalue weighted by Gasteiger charge is -2.31. The summed E-state index contributed by atoms with van der Waals surface area (Å²) in [4.78, 5) is 14.6. The van der Waals surface area contributed by atoms with E-state index in [2.05, 4.69) is 5.16 Å². The Balaban J connectivity index is 1.64. The Hall–Kier alpha value is -2.37. The molecule has 0 atom stereocenters. The number of aryl methyl sites for hydroxylation is 2. The summed E-state index contributed by atoms with van der Waals surface area (Å²) in [6.45, 7) is 7.78. The van der Waals surface area contributed by atoms with Crippen LogP contribution in [0, 0.1) is 13.8 Å². The summed E-state index contributed by atoms with van der Waals surface area (Å²) in [7, 11) is 0. The zero-order valence-corrected chi connectivity index (χ0v) is 15.7. The minimum Gasteiger partial charge on any atom is -0.458 e. The van der Waals surface area contributed by atoms with Crippen molar-refractivity contribution >= 4 is 5.91 Å². The van der Waals surface area contributed by atoms with E-state index in [9.17, 15) is 9.18 Å². The van der Waals surface area contributed by atoms with E-state index in [4.69, 9.17) is 9.26 Å². The Morgan fingerprint density at radius 2 is 1.96 bits per heavy atom. The number of ether oxygens (including phenoxy) is 1. The Bertz CT molecular complexity index is 787. The molecule has 1 fully saturated rings. The van der Waals surface area contributed by atoms with Crippen molar-refractivity contribution < 1.29 is 18.4 Å². The Labute approximate surface area is 153 Å². The van der Waals surface area contributed by atoms with Gasteiger partial charge in [-0.3, -0.25) is 4.79 Å². The number of carbonyl (C=O) groups excluding carboxylic acids is 1. The van der Waals surface area contributed by atoms with E-state index < -0.39 is 5.85 Å². The highest BCUT2D eigenvalue weighted by Gasteiger charge is 2.27. The molecule has 2 aromatic rings. The van der Waals surface area contributed by atoms with Gasteiger partial charge in [0.2, 0.25) is 5.85 Å². The van der Waals surface area contributed by atoms with Crippen molar-refractivity contribution in [3.05, 3.63) is 46.8 Å². The molecule has 0 saturated carbocycles. The van der Waals surface area contributed by atoms with Gasteiger partial charge in [-0.1, -0.05) is 5.16 Å². The van der Waals surface area contributed by atoms with Crippen LogP contribution in [0.25, 0.3) is 0 Å². The van der Waals surface area contributed by atoms with Gasteiger partial charge in [-0.05, 0) is 50.5 Å². The lowest BCUT2D eigenvalue weighted by atomic mass is 9.93. The van der Waals surface area contributed by atoms with E-state index in [0.717, 1.165) is 29.9 Å². The van der Waals surface area contributed by atoms with Crippen molar-refractivity contribution in [1.29, 1.82) is 0 Å². The van der Waals surface area contributed by atoms with Crippen molar-refractivity contribution in [2.45, 2.75) is 52.3 Å². The highest BCUT2D eigenvalue weighted by molar-refractivity contribution is 5.94. The molecule has 1 aromatic heterocycles. The molecule has 1 aliphatic heterocycles. The SMILES string of the molecule is Cc1cc(C2CCN(C(=O)c3ccc(OC(C)(C)F)c(C)c3)CC2)no1. The number of benzene rings is 1. The van der Waals surface area contributed by atoms with Gasteiger partial charge in [-0.15, -0.1) is 0 Å². The second-order valence-electron chi connectivity index (χ2n) is 7.37. The summed E-state index contributed by atoms with van der Waals surface area (Å²) >= 11 is 0. The number of alkyl halides is 1. The van der Waals surface area contributed by atoms with Crippen LogP contribution in [0.1, 0.15) is 60.0 Å². The second-order valence-corrected chi connectivity index (χ2v) is 7.37. The van der Waals surface area contributed by atoms with Crippen LogP contribution in [0.2, 0.25) is 0 Å². The predicted octanol–water partition coefficient (Wildman–Crippen LogP) is 4.40. The van der Waals surface area contributed by atoms with Gasteiger partial charge in [0.15, 0.2) is 0 Å². The van der Waals surface area contributed by atoms with Gasteiger partial charge in [-0.2, -0.15) is 4.39 Å². The fourth-order valence-electron chi connectivity index (χ4n) is 3.30. The highest BCUT2D eigenvalue weighted by Crippen LogP contribution is 2.29. The quantitative estimate of drug-likeness (QED) is 0.811. The number of likely N-dealkylation sites (tertiary alicyclic amines) is 1. The Morgan fingerprint density at radius 1 is 1.27 bits per heavy atom. The first-order valence-electron chi connectivity index (χ1n) is 8.94. The van der Waals surface area contributed by atoms with Crippen LogP contribution in [-0.2, 0) is 0 Å². The lowest BCUT2D eigenvalue weighted by Crippen LogP contribution is -2.38. The Kier molecular flexibility index (Phi) is 5.03. The van der Waals surface area contributed by atoms with Crippen LogP contribution in [0.4, 0.5) is 4.39 Å². The van der Waals surface area contributed by atoms with Crippen molar-refractivity contribution in [3.8, 4) is 5.75 Å². The fraction of sp³-hybridized carbons (Fsp3) is 0.500. The lowest BCUT2D eigenvalue weighted by molar-refractivity contribution is -0.0262. The smallest absolute Gasteiger partial charge is 0.253 e. The molecule has 5 nitrogen and oxygen atoms in total. The Morgan fingerprint density at radius 3 is 2.50 bits per heavy atom. The third-order valence-electron chi connectivity index (χ3n) is 4.62. The van der Waals surface area contributed by atoms with Gasteiger partial charge in [0.1, 0.15) is 11.5 Å². The number of carbonyl (C=O) groups is 1. The van der Waals surface area contributed by atoms with E-state index in [1.165, 1.54) is 13.8 Å². The molecule has 0 aliphatic carbocycles. The summed E-state index contributed by atoms with van der Waals surface area (Å²) < 4.78 is 24.1. The molecule has 0 bridgehead atoms. The number of nitrogens with zero attached hydrogens (tertiary/aromatic N) is 2. The molecule has 6 heteroatoms. The molecule has 2 heterocycles. The first kappa shape index (κ1) is 18.4. The highest BCUT2D eigenvalue weighted by atomic mass is 19.2. The molecule has 0 spiro atoms. The molecule has 26 heavy (non-hydrogen) atoms. The molecule has 1 aromatic carbocycles. The molecule has 140 valence electrons. The summed E-state index contributed by atoms with van der Waals surface area (Å²) in [6.07, 6.45) is 1.74. The number of piperidine rings is 1. The molecule has 1 aliphatic rings. The second kappa shape index (κ2) is 7.09. The van der Waals surface area contributed by atoms with Crippen molar-refractivity contribution in [1.82, 2.24) is 10.1 Å². The van der Waals surface area contributed by atoms with Crippen molar-refractivity contribution in [3.63, 3.8) is 0 Å². The van der Waals surface area contributed by atoms with Gasteiger partial charge in [0.05, 0.1) is 5.69 Å². The molecular formula is C20H25FN2O3. The van der Waals surface area contributed by atoms with Gasteiger partial charge < -0.3 is 14.2 Å². The third kappa shape index (κ3) is 4.23.